The van der Waals surface area contributed by atoms with E-state index in [1.807, 2.05) is 0 Å². The van der Waals surface area contributed by atoms with Crippen molar-refractivity contribution in [2.24, 2.45) is 0 Å². The molecule has 4 aromatic heterocycles. The van der Waals surface area contributed by atoms with Crippen molar-refractivity contribution in [2.45, 2.75) is 19.0 Å². The molecule has 0 aliphatic carbocycles. The van der Waals surface area contributed by atoms with Crippen LogP contribution in [-0.2, 0) is 0 Å². The maximum Gasteiger partial charge on any atom is 0.402 e. The van der Waals surface area contributed by atoms with Gasteiger partial charge in [-0.05, 0) is 48.4 Å². The highest BCUT2D eigenvalue weighted by Gasteiger charge is 2.46. The second-order valence-electron chi connectivity index (χ2n) is 7.74. The fraction of sp³-hybridized carbons (Fsp3) is 0.125. The van der Waals surface area contributed by atoms with Gasteiger partial charge in [-0.2, -0.15) is 13.2 Å². The van der Waals surface area contributed by atoms with Gasteiger partial charge in [0.05, 0.1) is 21.7 Å². The van der Waals surface area contributed by atoms with E-state index in [-0.39, 0.29) is 28.1 Å². The van der Waals surface area contributed by atoms with Gasteiger partial charge < -0.3 is 5.73 Å². The Bertz CT molecular complexity index is 1550. The number of aryl methyl sites for hydroxylation is 1. The highest BCUT2D eigenvalue weighted by Crippen LogP contribution is 2.44. The van der Waals surface area contributed by atoms with Crippen molar-refractivity contribution >= 4 is 39.4 Å². The summed E-state index contributed by atoms with van der Waals surface area (Å²) < 4.78 is 44.1. The standard InChI is InChI=1S/C24H16ClF3N6/c1-12-7-9-30-11-15(12)20-14(10-13-4-2-5-16(25)19(13)33-20)18(24(26,27)28)23-32-17-6-3-8-31-21(17)22(29)34-23/h2-11,18H,1H3,(H2,29,32,34)/t18-/m1/s1. The van der Waals surface area contributed by atoms with E-state index in [2.05, 4.69) is 24.9 Å². The Morgan fingerprint density at radius 3 is 2.56 bits per heavy atom. The van der Waals surface area contributed by atoms with Gasteiger partial charge in [0.1, 0.15) is 17.3 Å². The second-order valence-corrected chi connectivity index (χ2v) is 8.15. The molecule has 0 fully saturated rings. The number of hydrogen-bond donors (Lipinski definition) is 1. The molecule has 5 rings (SSSR count). The van der Waals surface area contributed by atoms with Crippen LogP contribution in [0.15, 0.2) is 61.1 Å². The number of fused-ring (bicyclic) bond motifs is 2. The summed E-state index contributed by atoms with van der Waals surface area (Å²) in [4.78, 5) is 21.0. The first-order valence-electron chi connectivity index (χ1n) is 10.2. The summed E-state index contributed by atoms with van der Waals surface area (Å²) in [7, 11) is 0. The first-order chi connectivity index (χ1) is 16.2. The number of hydrogen-bond acceptors (Lipinski definition) is 6. The number of nitrogen functional groups attached to an aromatic ring is 1. The number of pyridine rings is 3. The Morgan fingerprint density at radius 1 is 0.971 bits per heavy atom. The molecule has 0 radical (unpaired) electrons. The molecule has 1 aromatic carbocycles. The van der Waals surface area contributed by atoms with Gasteiger partial charge in [-0.15, -0.1) is 0 Å². The summed E-state index contributed by atoms with van der Waals surface area (Å²) >= 11 is 6.33. The summed E-state index contributed by atoms with van der Waals surface area (Å²) in [6.07, 6.45) is -0.227. The number of nitrogens with two attached hydrogens (primary N) is 1. The van der Waals surface area contributed by atoms with Crippen molar-refractivity contribution in [3.05, 3.63) is 83.0 Å². The largest absolute Gasteiger partial charge is 0.402 e. The lowest BCUT2D eigenvalue weighted by Crippen LogP contribution is -2.25. The lowest BCUT2D eigenvalue weighted by molar-refractivity contribution is -0.142. The molecule has 10 heteroatoms. The zero-order valence-corrected chi connectivity index (χ0v) is 18.4. The molecular formula is C24H16ClF3N6. The Labute approximate surface area is 196 Å². The van der Waals surface area contributed by atoms with Crippen molar-refractivity contribution in [3.63, 3.8) is 0 Å². The molecule has 6 nitrogen and oxygen atoms in total. The van der Waals surface area contributed by atoms with Gasteiger partial charge >= 0.3 is 6.18 Å². The number of alkyl halides is 3. The average Bonchev–Trinajstić information content (AvgIpc) is 2.79. The van der Waals surface area contributed by atoms with Crippen LogP contribution in [0.4, 0.5) is 19.0 Å². The molecule has 0 amide bonds. The third kappa shape index (κ3) is 3.77. The zero-order valence-electron chi connectivity index (χ0n) is 17.7. The number of para-hydroxylation sites is 1. The fourth-order valence-corrected chi connectivity index (χ4v) is 4.15. The minimum atomic E-state index is -4.75. The van der Waals surface area contributed by atoms with Crippen LogP contribution >= 0.6 is 11.6 Å². The maximum absolute atomic E-state index is 14.7. The summed E-state index contributed by atoms with van der Waals surface area (Å²) in [5.74, 6) is -2.83. The van der Waals surface area contributed by atoms with Gasteiger partial charge in [0, 0.05) is 29.5 Å². The molecular weight excluding hydrogens is 465 g/mol. The highest BCUT2D eigenvalue weighted by molar-refractivity contribution is 6.35. The highest BCUT2D eigenvalue weighted by atomic mass is 35.5. The number of anilines is 1. The summed E-state index contributed by atoms with van der Waals surface area (Å²) in [5.41, 5.74) is 7.94. The first-order valence-corrected chi connectivity index (χ1v) is 10.6. The third-order valence-electron chi connectivity index (χ3n) is 5.52. The van der Waals surface area contributed by atoms with Crippen LogP contribution < -0.4 is 5.73 Å². The molecule has 0 saturated heterocycles. The lowest BCUT2D eigenvalue weighted by Gasteiger charge is -2.23. The SMILES string of the molecule is Cc1ccncc1-c1nc2c(Cl)cccc2cc1[C@H](c1nc(N)c2ncccc2n1)C(F)(F)F. The summed E-state index contributed by atoms with van der Waals surface area (Å²) in [6.45, 7) is 1.78. The van der Waals surface area contributed by atoms with Crippen LogP contribution in [0.5, 0.6) is 0 Å². The lowest BCUT2D eigenvalue weighted by atomic mass is 9.90. The smallest absolute Gasteiger partial charge is 0.382 e. The molecule has 0 spiro atoms. The van der Waals surface area contributed by atoms with Crippen molar-refractivity contribution in [1.29, 1.82) is 0 Å². The molecule has 0 aliphatic heterocycles. The molecule has 1 atom stereocenters. The Morgan fingerprint density at radius 2 is 1.79 bits per heavy atom. The van der Waals surface area contributed by atoms with Gasteiger partial charge in [-0.1, -0.05) is 23.7 Å². The van der Waals surface area contributed by atoms with E-state index in [9.17, 15) is 13.2 Å². The minimum Gasteiger partial charge on any atom is -0.382 e. The van der Waals surface area contributed by atoms with Crippen molar-refractivity contribution in [1.82, 2.24) is 24.9 Å². The number of halogens is 4. The van der Waals surface area contributed by atoms with E-state index in [0.29, 0.717) is 27.1 Å². The minimum absolute atomic E-state index is 0.0991. The van der Waals surface area contributed by atoms with Gasteiger partial charge in [-0.3, -0.25) is 9.97 Å². The van der Waals surface area contributed by atoms with Crippen LogP contribution in [0.1, 0.15) is 22.9 Å². The molecule has 34 heavy (non-hydrogen) atoms. The molecule has 0 aliphatic rings. The Hall–Kier alpha value is -3.85. The van der Waals surface area contributed by atoms with Crippen LogP contribution in [-0.4, -0.2) is 31.1 Å². The van der Waals surface area contributed by atoms with Crippen LogP contribution in [0, 0.1) is 6.92 Å². The number of aromatic nitrogens is 5. The van der Waals surface area contributed by atoms with Gasteiger partial charge in [0.25, 0.3) is 0 Å². The number of rotatable bonds is 3. The molecule has 2 N–H and O–H groups in total. The van der Waals surface area contributed by atoms with E-state index >= 15 is 0 Å². The topological polar surface area (TPSA) is 90.5 Å². The van der Waals surface area contributed by atoms with E-state index in [4.69, 9.17) is 17.3 Å². The first kappa shape index (κ1) is 22.0. The van der Waals surface area contributed by atoms with E-state index in [0.717, 1.165) is 0 Å². The Kier molecular flexibility index (Phi) is 5.28. The maximum atomic E-state index is 14.7. The van der Waals surface area contributed by atoms with Crippen LogP contribution in [0.2, 0.25) is 5.02 Å². The van der Waals surface area contributed by atoms with Gasteiger partial charge in [-0.25, -0.2) is 15.0 Å². The predicted molar refractivity (Wildman–Crippen MR) is 124 cm³/mol. The number of nitrogens with zero attached hydrogens (tertiary/aromatic N) is 5. The van der Waals surface area contributed by atoms with Crippen LogP contribution in [0.3, 0.4) is 0 Å². The summed E-state index contributed by atoms with van der Waals surface area (Å²) in [5, 5.41) is 0.783. The second kappa shape index (κ2) is 8.18. The van der Waals surface area contributed by atoms with E-state index in [1.165, 1.54) is 18.5 Å². The average molecular weight is 481 g/mol. The van der Waals surface area contributed by atoms with E-state index in [1.54, 1.807) is 49.5 Å². The van der Waals surface area contributed by atoms with Crippen molar-refractivity contribution in [3.8, 4) is 11.3 Å². The number of benzene rings is 1. The molecule has 4 heterocycles. The van der Waals surface area contributed by atoms with Crippen molar-refractivity contribution in [2.75, 3.05) is 5.73 Å². The zero-order chi connectivity index (χ0) is 24.0. The van der Waals surface area contributed by atoms with Gasteiger partial charge in [0.2, 0.25) is 0 Å². The molecule has 0 saturated carbocycles. The fourth-order valence-electron chi connectivity index (χ4n) is 3.93. The third-order valence-corrected chi connectivity index (χ3v) is 5.82. The predicted octanol–water partition coefficient (Wildman–Crippen LogP) is 5.87. The van der Waals surface area contributed by atoms with E-state index < -0.39 is 17.9 Å². The summed E-state index contributed by atoms with van der Waals surface area (Å²) in [6, 6.07) is 11.2. The molecule has 5 aromatic rings. The van der Waals surface area contributed by atoms with Crippen LogP contribution in [0.25, 0.3) is 33.2 Å². The molecule has 0 unspecified atom stereocenters. The molecule has 170 valence electrons. The van der Waals surface area contributed by atoms with Crippen molar-refractivity contribution < 1.29 is 13.2 Å². The quantitative estimate of drug-likeness (QED) is 0.347. The monoisotopic (exact) mass is 480 g/mol. The Balaban J connectivity index is 1.86. The normalized spacial score (nSPS) is 12.9. The van der Waals surface area contributed by atoms with Gasteiger partial charge in [0.15, 0.2) is 5.82 Å². The molecule has 0 bridgehead atoms.